The summed E-state index contributed by atoms with van der Waals surface area (Å²) in [6.07, 6.45) is -0.257. The van der Waals surface area contributed by atoms with Gasteiger partial charge in [-0.1, -0.05) is 26.0 Å². The van der Waals surface area contributed by atoms with E-state index in [1.165, 1.54) is 13.8 Å². The van der Waals surface area contributed by atoms with E-state index in [2.05, 4.69) is 0 Å². The Bertz CT molecular complexity index is 486. The molecular weight excluding hydrogens is 234 g/mol. The van der Waals surface area contributed by atoms with Crippen molar-refractivity contribution in [2.45, 2.75) is 33.1 Å². The van der Waals surface area contributed by atoms with E-state index in [4.69, 9.17) is 11.1 Å². The molecule has 4 heteroatoms. The van der Waals surface area contributed by atoms with Gasteiger partial charge in [0.25, 0.3) is 5.92 Å². The molecule has 2 rings (SSSR count). The van der Waals surface area contributed by atoms with Crippen molar-refractivity contribution in [2.75, 3.05) is 5.73 Å². The molecule has 1 atom stereocenters. The highest BCUT2D eigenvalue weighted by molar-refractivity contribution is 6.06. The van der Waals surface area contributed by atoms with Gasteiger partial charge in [0.15, 0.2) is 0 Å². The molecule has 1 unspecified atom stereocenters. The first-order valence-electron chi connectivity index (χ1n) is 6.00. The van der Waals surface area contributed by atoms with Gasteiger partial charge in [0.1, 0.15) is 0 Å². The van der Waals surface area contributed by atoms with Crippen LogP contribution in [-0.4, -0.2) is 11.6 Å². The fraction of sp³-hybridized carbons (Fsp3) is 0.500. The molecule has 0 aliphatic heterocycles. The summed E-state index contributed by atoms with van der Waals surface area (Å²) in [6.45, 7) is 4.89. The van der Waals surface area contributed by atoms with Crippen molar-refractivity contribution in [2.24, 2.45) is 11.3 Å². The van der Waals surface area contributed by atoms with Crippen molar-refractivity contribution < 1.29 is 8.78 Å². The number of hydrogen-bond acceptors (Lipinski definition) is 2. The largest absolute Gasteiger partial charge is 0.398 e. The number of aryl methyl sites for hydroxylation is 1. The second-order valence-corrected chi connectivity index (χ2v) is 5.64. The molecule has 18 heavy (non-hydrogen) atoms. The van der Waals surface area contributed by atoms with Crippen LogP contribution in [0.15, 0.2) is 18.2 Å². The van der Waals surface area contributed by atoms with Crippen LogP contribution in [0.2, 0.25) is 0 Å². The lowest BCUT2D eigenvalue weighted by atomic mass is 9.56. The minimum Gasteiger partial charge on any atom is -0.398 e. The second-order valence-electron chi connectivity index (χ2n) is 5.64. The molecule has 3 N–H and O–H groups in total. The van der Waals surface area contributed by atoms with Crippen molar-refractivity contribution in [1.29, 1.82) is 5.41 Å². The Morgan fingerprint density at radius 2 is 2.00 bits per heavy atom. The summed E-state index contributed by atoms with van der Waals surface area (Å²) in [4.78, 5) is 0. The van der Waals surface area contributed by atoms with E-state index in [-0.39, 0.29) is 12.1 Å². The average Bonchev–Trinajstić information content (AvgIpc) is 2.25. The van der Waals surface area contributed by atoms with Crippen LogP contribution in [0, 0.1) is 23.7 Å². The Kier molecular flexibility index (Phi) is 2.72. The van der Waals surface area contributed by atoms with Gasteiger partial charge in [0.05, 0.1) is 0 Å². The van der Waals surface area contributed by atoms with Gasteiger partial charge < -0.3 is 11.1 Å². The lowest BCUT2D eigenvalue weighted by Crippen LogP contribution is -2.57. The second kappa shape index (κ2) is 3.77. The third kappa shape index (κ3) is 1.62. The molecule has 1 aliphatic carbocycles. The van der Waals surface area contributed by atoms with Crippen LogP contribution in [0.5, 0.6) is 0 Å². The smallest absolute Gasteiger partial charge is 0.254 e. The fourth-order valence-corrected chi connectivity index (χ4v) is 2.59. The minimum absolute atomic E-state index is 0.238. The number of halogens is 2. The predicted octanol–water partition coefficient (Wildman–Crippen LogP) is 3.63. The van der Waals surface area contributed by atoms with E-state index in [0.717, 1.165) is 5.56 Å². The zero-order valence-electron chi connectivity index (χ0n) is 10.8. The number of benzene rings is 1. The van der Waals surface area contributed by atoms with Crippen molar-refractivity contribution in [3.8, 4) is 0 Å². The number of nitrogen functional groups attached to an aromatic ring is 1. The first-order valence-corrected chi connectivity index (χ1v) is 6.00. The van der Waals surface area contributed by atoms with Crippen LogP contribution < -0.4 is 5.73 Å². The highest BCUT2D eigenvalue weighted by atomic mass is 19.3. The summed E-state index contributed by atoms with van der Waals surface area (Å²) in [5.74, 6) is -3.13. The number of rotatable bonds is 2. The van der Waals surface area contributed by atoms with Gasteiger partial charge in [-0.25, -0.2) is 8.78 Å². The Morgan fingerprint density at radius 1 is 1.39 bits per heavy atom. The Morgan fingerprint density at radius 3 is 2.44 bits per heavy atom. The number of nitrogens with two attached hydrogens (primary N) is 1. The third-order valence-corrected chi connectivity index (χ3v) is 4.20. The zero-order chi connectivity index (χ0) is 13.7. The summed E-state index contributed by atoms with van der Waals surface area (Å²) in [6, 6.07) is 5.37. The molecule has 0 aromatic heterocycles. The molecule has 1 saturated carbocycles. The normalized spacial score (nSPS) is 24.4. The fourth-order valence-electron chi connectivity index (χ4n) is 2.59. The molecule has 0 spiro atoms. The van der Waals surface area contributed by atoms with Crippen LogP contribution in [0.25, 0.3) is 0 Å². The highest BCUT2D eigenvalue weighted by Crippen LogP contribution is 2.58. The van der Waals surface area contributed by atoms with E-state index in [0.29, 0.717) is 11.3 Å². The minimum atomic E-state index is -2.69. The van der Waals surface area contributed by atoms with E-state index in [9.17, 15) is 8.78 Å². The van der Waals surface area contributed by atoms with Crippen LogP contribution in [-0.2, 0) is 0 Å². The maximum absolute atomic E-state index is 13.5. The maximum atomic E-state index is 13.5. The molecule has 2 nitrogen and oxygen atoms in total. The Balaban J connectivity index is 2.35. The lowest BCUT2D eigenvalue weighted by molar-refractivity contribution is -0.206. The molecule has 0 bridgehead atoms. The lowest BCUT2D eigenvalue weighted by Gasteiger charge is -2.51. The zero-order valence-corrected chi connectivity index (χ0v) is 10.8. The van der Waals surface area contributed by atoms with E-state index in [1.807, 2.05) is 19.1 Å². The maximum Gasteiger partial charge on any atom is 0.254 e. The van der Waals surface area contributed by atoms with Gasteiger partial charge >= 0.3 is 0 Å². The number of hydrogen-bond donors (Lipinski definition) is 2. The van der Waals surface area contributed by atoms with Crippen LogP contribution in [0.4, 0.5) is 14.5 Å². The molecule has 1 aliphatic rings. The van der Waals surface area contributed by atoms with Crippen LogP contribution in [0.3, 0.4) is 0 Å². The van der Waals surface area contributed by atoms with Crippen LogP contribution in [0.1, 0.15) is 31.4 Å². The van der Waals surface area contributed by atoms with Crippen molar-refractivity contribution in [1.82, 2.24) is 0 Å². The molecular formula is C14H18F2N2. The molecule has 1 aromatic carbocycles. The van der Waals surface area contributed by atoms with Crippen molar-refractivity contribution in [3.05, 3.63) is 29.3 Å². The van der Waals surface area contributed by atoms with Gasteiger partial charge in [0, 0.05) is 34.7 Å². The third-order valence-electron chi connectivity index (χ3n) is 4.20. The Labute approximate surface area is 106 Å². The predicted molar refractivity (Wildman–Crippen MR) is 69.3 cm³/mol. The number of alkyl halides is 2. The van der Waals surface area contributed by atoms with E-state index < -0.39 is 17.3 Å². The van der Waals surface area contributed by atoms with Gasteiger partial charge in [-0.05, 0) is 18.6 Å². The summed E-state index contributed by atoms with van der Waals surface area (Å²) < 4.78 is 27.0. The van der Waals surface area contributed by atoms with Crippen molar-refractivity contribution >= 4 is 11.4 Å². The van der Waals surface area contributed by atoms with Crippen LogP contribution >= 0.6 is 0 Å². The first kappa shape index (κ1) is 13.0. The van der Waals surface area contributed by atoms with Gasteiger partial charge in [-0.15, -0.1) is 0 Å². The Hall–Kier alpha value is -1.45. The van der Waals surface area contributed by atoms with Crippen molar-refractivity contribution in [3.63, 3.8) is 0 Å². The molecule has 0 radical (unpaired) electrons. The number of anilines is 1. The van der Waals surface area contributed by atoms with Gasteiger partial charge in [-0.3, -0.25) is 0 Å². The monoisotopic (exact) mass is 252 g/mol. The van der Waals surface area contributed by atoms with E-state index >= 15 is 0 Å². The summed E-state index contributed by atoms with van der Waals surface area (Å²) in [5.41, 5.74) is 6.91. The molecule has 0 heterocycles. The standard InChI is InChI=1S/C14H18F2N2/c1-8-5-4-6-10(17)11(8)12(18)9-7-14(15,16)13(9,2)3/h4-6,9,18H,7,17H2,1-3H3. The first-order chi connectivity index (χ1) is 8.18. The summed E-state index contributed by atoms with van der Waals surface area (Å²) in [7, 11) is 0. The quantitative estimate of drug-likeness (QED) is 0.613. The molecule has 0 amide bonds. The topological polar surface area (TPSA) is 49.9 Å². The SMILES string of the molecule is Cc1cccc(N)c1C(=N)C1CC(F)(F)C1(C)C. The molecule has 1 fully saturated rings. The molecule has 1 aromatic rings. The molecule has 0 saturated heterocycles. The highest BCUT2D eigenvalue weighted by Gasteiger charge is 2.63. The van der Waals surface area contributed by atoms with E-state index in [1.54, 1.807) is 6.07 Å². The summed E-state index contributed by atoms with van der Waals surface area (Å²) in [5, 5.41) is 8.19. The number of nitrogens with one attached hydrogen (secondary N) is 1. The summed E-state index contributed by atoms with van der Waals surface area (Å²) >= 11 is 0. The van der Waals surface area contributed by atoms with Gasteiger partial charge in [-0.2, -0.15) is 0 Å². The van der Waals surface area contributed by atoms with Gasteiger partial charge in [0.2, 0.25) is 0 Å². The average molecular weight is 252 g/mol. The molecule has 98 valence electrons.